The third-order valence-electron chi connectivity index (χ3n) is 3.12. The molecule has 0 spiro atoms. The molecule has 0 aliphatic rings. The first-order valence-corrected chi connectivity index (χ1v) is 10.3. The van der Waals surface area contributed by atoms with Crippen molar-refractivity contribution < 1.29 is 0 Å². The molecule has 10 heteroatoms. The number of rotatable bonds is 5. The van der Waals surface area contributed by atoms with E-state index in [0.717, 1.165) is 12.8 Å². The summed E-state index contributed by atoms with van der Waals surface area (Å²) in [5, 5.41) is 0. The molecule has 0 bridgehead atoms. The Morgan fingerprint density at radius 1 is 0.792 bits per heavy atom. The normalized spacial score (nSPS) is 14.1. The average Bonchev–Trinajstić information content (AvgIpc) is 2.42. The Kier molecular flexibility index (Phi) is 8.70. The Morgan fingerprint density at radius 3 is 1.71 bits per heavy atom. The van der Waals surface area contributed by atoms with Gasteiger partial charge in [0.05, 0.1) is 0 Å². The lowest BCUT2D eigenvalue weighted by molar-refractivity contribution is 0.829. The van der Waals surface area contributed by atoms with Crippen molar-refractivity contribution in [3.63, 3.8) is 0 Å². The summed E-state index contributed by atoms with van der Waals surface area (Å²) in [5.74, 6) is 0. The molecule has 1 rings (SSSR count). The lowest BCUT2D eigenvalue weighted by Gasteiger charge is -2.33. The minimum atomic E-state index is -2.02. The number of hydrogen-bond donors (Lipinski definition) is 0. The Balaban J connectivity index is 3.55. The molecule has 0 heterocycles. The summed E-state index contributed by atoms with van der Waals surface area (Å²) < 4.78 is -7.79. The Labute approximate surface area is 191 Å². The molecule has 1 aromatic carbocycles. The van der Waals surface area contributed by atoms with Crippen molar-refractivity contribution in [2.75, 3.05) is 0 Å². The summed E-state index contributed by atoms with van der Waals surface area (Å²) in [6, 6.07) is 4.73. The molecule has 137 valence electrons. The van der Waals surface area contributed by atoms with Crippen molar-refractivity contribution in [3.05, 3.63) is 41.3 Å². The van der Waals surface area contributed by atoms with Crippen molar-refractivity contribution in [1.29, 1.82) is 0 Å². The van der Waals surface area contributed by atoms with Gasteiger partial charge in [0.2, 0.25) is 7.59 Å². The van der Waals surface area contributed by atoms with Gasteiger partial charge in [-0.15, -0.1) is 0 Å². The molecule has 0 amide bonds. The zero-order valence-corrected chi connectivity index (χ0v) is 19.6. The lowest BCUT2D eigenvalue weighted by atomic mass is 9.96. The van der Waals surface area contributed by atoms with E-state index in [2.05, 4.69) is 0 Å². The van der Waals surface area contributed by atoms with Crippen molar-refractivity contribution in [1.82, 2.24) is 0 Å². The molecule has 0 aliphatic heterocycles. The van der Waals surface area contributed by atoms with E-state index in [0.29, 0.717) is 5.56 Å². The van der Waals surface area contributed by atoms with Gasteiger partial charge in [-0.2, -0.15) is 0 Å². The van der Waals surface area contributed by atoms with E-state index < -0.39 is 16.3 Å². The van der Waals surface area contributed by atoms with Gasteiger partial charge >= 0.3 is 0 Å². The van der Waals surface area contributed by atoms with Crippen LogP contribution in [0.3, 0.4) is 0 Å². The minimum absolute atomic E-state index is 0.245. The van der Waals surface area contributed by atoms with Gasteiger partial charge in [-0.25, -0.2) is 0 Å². The zero-order valence-electron chi connectivity index (χ0n) is 12.0. The van der Waals surface area contributed by atoms with Crippen molar-refractivity contribution in [2.45, 2.75) is 36.0 Å². The van der Waals surface area contributed by atoms with Crippen LogP contribution in [0.25, 0.3) is 0 Å². The van der Waals surface area contributed by atoms with Gasteiger partial charge in [0, 0.05) is 0 Å². The van der Waals surface area contributed by atoms with Gasteiger partial charge in [-0.05, 0) is 35.6 Å². The Morgan fingerprint density at radius 2 is 1.29 bits per heavy atom. The summed E-state index contributed by atoms with van der Waals surface area (Å²) >= 11 is 60.4. The highest BCUT2D eigenvalue weighted by Crippen LogP contribution is 2.57. The average molecular weight is 534 g/mol. The maximum atomic E-state index is 6.32. The van der Waals surface area contributed by atoms with E-state index in [1.165, 1.54) is 6.07 Å². The monoisotopic (exact) mass is 529 g/mol. The fraction of sp³-hybridized carbons (Fsp3) is 0.500. The second-order valence-electron chi connectivity index (χ2n) is 4.94. The number of alkyl halides is 10. The number of halogens is 10. The van der Waals surface area contributed by atoms with Gasteiger partial charge in [0.1, 0.15) is 0 Å². The minimum Gasteiger partial charge on any atom is -0.0915 e. The molecule has 0 nitrogen and oxygen atoms in total. The van der Waals surface area contributed by atoms with Crippen molar-refractivity contribution in [2.24, 2.45) is 0 Å². The van der Waals surface area contributed by atoms with Crippen LogP contribution in [0.1, 0.15) is 36.5 Å². The molecule has 0 saturated carbocycles. The van der Waals surface area contributed by atoms with E-state index >= 15 is 0 Å². The summed E-state index contributed by atoms with van der Waals surface area (Å²) in [6.45, 7) is 2.01. The molecule has 0 aromatic heterocycles. The molecule has 0 atom stereocenters. The van der Waals surface area contributed by atoms with E-state index in [-0.39, 0.29) is 11.1 Å². The van der Waals surface area contributed by atoms with Crippen molar-refractivity contribution >= 4 is 116 Å². The molecule has 1 radical (unpaired) electrons. The van der Waals surface area contributed by atoms with Gasteiger partial charge < -0.3 is 0 Å². The Bertz CT molecular complexity index is 568. The molecule has 24 heavy (non-hydrogen) atoms. The summed E-state index contributed by atoms with van der Waals surface area (Å²) in [4.78, 5) is 0. The van der Waals surface area contributed by atoms with E-state index in [1.807, 2.05) is 13.3 Å². The van der Waals surface area contributed by atoms with E-state index in [9.17, 15) is 0 Å². The fourth-order valence-electron chi connectivity index (χ4n) is 1.82. The number of benzene rings is 1. The summed E-state index contributed by atoms with van der Waals surface area (Å²) in [5.41, 5.74) is 1.19. The van der Waals surface area contributed by atoms with Gasteiger partial charge in [-0.1, -0.05) is 141 Å². The number of hydrogen-bond acceptors (Lipinski definition) is 0. The zero-order chi connectivity index (χ0) is 19.0. The molecule has 0 unspecified atom stereocenters. The van der Waals surface area contributed by atoms with E-state index in [1.54, 1.807) is 12.1 Å². The molecule has 1 aromatic rings. The first-order valence-electron chi connectivity index (χ1n) is 6.53. The van der Waals surface area contributed by atoms with Crippen LogP contribution in [0.2, 0.25) is 0 Å². The van der Waals surface area contributed by atoms with Gasteiger partial charge in [0.25, 0.3) is 0 Å². The maximum Gasteiger partial charge on any atom is 0.227 e. The highest BCUT2D eigenvalue weighted by molar-refractivity contribution is 6.76. The van der Waals surface area contributed by atoms with Crippen LogP contribution in [-0.4, -0.2) is 7.59 Å². The first-order chi connectivity index (χ1) is 10.7. The maximum absolute atomic E-state index is 6.32. The standard InChI is InChI=1S/C14H11Cl10/c1-2-3-4-8-5-6-9(11(15,16)13(19,20)21)7-10(8)12(17,18)14(22,23)24/h4-7H,2-3H2,1H3. The third kappa shape index (κ3) is 5.34. The van der Waals surface area contributed by atoms with Crippen LogP contribution in [0.15, 0.2) is 18.2 Å². The molecule has 0 saturated heterocycles. The fourth-order valence-corrected chi connectivity index (χ4v) is 3.01. The largest absolute Gasteiger partial charge is 0.227 e. The molecule has 0 aliphatic carbocycles. The van der Waals surface area contributed by atoms with Crippen LogP contribution in [-0.2, 0) is 8.67 Å². The smallest absolute Gasteiger partial charge is 0.0915 e. The van der Waals surface area contributed by atoms with Crippen LogP contribution < -0.4 is 0 Å². The van der Waals surface area contributed by atoms with Gasteiger partial charge in [-0.3, -0.25) is 0 Å². The SMILES string of the molecule is CCC[CH]c1ccc(C(Cl)(Cl)C(Cl)(Cl)Cl)cc1C(Cl)(Cl)C(Cl)(Cl)Cl. The topological polar surface area (TPSA) is 0 Å². The highest BCUT2D eigenvalue weighted by Gasteiger charge is 2.51. The molecular weight excluding hydrogens is 523 g/mol. The molecule has 0 fully saturated rings. The van der Waals surface area contributed by atoms with Crippen LogP contribution in [0, 0.1) is 6.42 Å². The predicted molar refractivity (Wildman–Crippen MR) is 112 cm³/mol. The molecular formula is C14H11Cl10. The summed E-state index contributed by atoms with van der Waals surface area (Å²) in [7, 11) is 0. The first kappa shape index (κ1) is 24.2. The van der Waals surface area contributed by atoms with E-state index in [4.69, 9.17) is 116 Å². The summed E-state index contributed by atoms with van der Waals surface area (Å²) in [6.07, 6.45) is 3.55. The highest BCUT2D eigenvalue weighted by atomic mass is 35.6. The van der Waals surface area contributed by atoms with Crippen LogP contribution >= 0.6 is 116 Å². The number of unbranched alkanes of at least 4 members (excludes halogenated alkanes) is 1. The van der Waals surface area contributed by atoms with Crippen molar-refractivity contribution in [3.8, 4) is 0 Å². The predicted octanol–water partition coefficient (Wildman–Crippen LogP) is 9.04. The van der Waals surface area contributed by atoms with Crippen LogP contribution in [0.4, 0.5) is 0 Å². The molecule has 0 N–H and O–H groups in total. The second-order valence-corrected chi connectivity index (χ2v) is 12.2. The van der Waals surface area contributed by atoms with Crippen LogP contribution in [0.5, 0.6) is 0 Å². The quantitative estimate of drug-likeness (QED) is 0.331. The third-order valence-corrected chi connectivity index (χ3v) is 7.96. The lowest BCUT2D eigenvalue weighted by Crippen LogP contribution is -2.32. The second kappa shape index (κ2) is 8.64. The Hall–Kier alpha value is 2.12. The van der Waals surface area contributed by atoms with Gasteiger partial charge in [0.15, 0.2) is 8.67 Å².